The molecule has 1 aliphatic heterocycles. The third-order valence-electron chi connectivity index (χ3n) is 2.72. The van der Waals surface area contributed by atoms with Gasteiger partial charge in [-0.1, -0.05) is 17.7 Å². The van der Waals surface area contributed by atoms with Crippen LogP contribution in [0.2, 0.25) is 5.02 Å². The molecule has 5 nitrogen and oxygen atoms in total. The van der Waals surface area contributed by atoms with E-state index in [2.05, 4.69) is 0 Å². The Morgan fingerprint density at radius 2 is 2.11 bits per heavy atom. The molecule has 0 radical (unpaired) electrons. The fourth-order valence-corrected chi connectivity index (χ4v) is 2.79. The molecule has 0 saturated carbocycles. The van der Waals surface area contributed by atoms with Gasteiger partial charge in [0.05, 0.1) is 5.02 Å². The van der Waals surface area contributed by atoms with E-state index < -0.39 is 27.8 Å². The van der Waals surface area contributed by atoms with Crippen molar-refractivity contribution in [1.29, 1.82) is 0 Å². The Labute approximate surface area is 108 Å². The number of aromatic hydroxyl groups is 1. The summed E-state index contributed by atoms with van der Waals surface area (Å²) in [6, 6.07) is 4.23. The minimum absolute atomic E-state index is 0.00955. The molecule has 98 valence electrons. The quantitative estimate of drug-likeness (QED) is 0.838. The molecule has 8 heteroatoms. The average Bonchev–Trinajstić information content (AvgIpc) is 2.60. The van der Waals surface area contributed by atoms with Crippen LogP contribution in [0.25, 0.3) is 0 Å². The molecule has 1 saturated heterocycles. The number of para-hydroxylation sites is 1. The number of amides is 1. The van der Waals surface area contributed by atoms with E-state index in [1.807, 2.05) is 0 Å². The van der Waals surface area contributed by atoms with Crippen LogP contribution in [0.1, 0.15) is 6.42 Å². The fourth-order valence-electron chi connectivity index (χ4n) is 1.85. The Balaban J connectivity index is 2.39. The summed E-state index contributed by atoms with van der Waals surface area (Å²) in [5.74, 6) is -0.850. The van der Waals surface area contributed by atoms with Gasteiger partial charge in [-0.15, -0.1) is 3.89 Å². The van der Waals surface area contributed by atoms with Gasteiger partial charge in [0.15, 0.2) is 0 Å². The lowest BCUT2D eigenvalue weighted by atomic mass is 10.2. The van der Waals surface area contributed by atoms with E-state index in [-0.39, 0.29) is 23.0 Å². The Hall–Kier alpha value is -1.34. The Morgan fingerprint density at radius 3 is 2.61 bits per heavy atom. The van der Waals surface area contributed by atoms with Gasteiger partial charge in [0.2, 0.25) is 5.91 Å². The zero-order valence-electron chi connectivity index (χ0n) is 9.01. The monoisotopic (exact) mass is 293 g/mol. The first-order valence-electron chi connectivity index (χ1n) is 5.02. The van der Waals surface area contributed by atoms with Gasteiger partial charge in [0.1, 0.15) is 16.7 Å². The number of nitrogens with zero attached hydrogens (tertiary/aromatic N) is 1. The molecule has 1 fully saturated rings. The van der Waals surface area contributed by atoms with E-state index in [0.717, 1.165) is 4.90 Å². The van der Waals surface area contributed by atoms with Gasteiger partial charge in [0, 0.05) is 13.0 Å². The zero-order chi connectivity index (χ0) is 13.5. The van der Waals surface area contributed by atoms with Gasteiger partial charge >= 0.3 is 10.2 Å². The van der Waals surface area contributed by atoms with Gasteiger partial charge in [-0.25, -0.2) is 0 Å². The van der Waals surface area contributed by atoms with E-state index in [4.69, 9.17) is 11.6 Å². The standard InChI is InChI=1S/C10H9ClFNO4S/c11-7-2-1-3-8(14)10(7)13-5-6(4-9(13)15)18(12,16)17/h1-3,6,14H,4-5H2. The number of anilines is 1. The molecule has 0 aliphatic carbocycles. The number of hydrogen-bond acceptors (Lipinski definition) is 4. The number of benzene rings is 1. The van der Waals surface area contributed by atoms with E-state index in [1.54, 1.807) is 0 Å². The molecule has 1 amide bonds. The van der Waals surface area contributed by atoms with Crippen molar-refractivity contribution in [3.05, 3.63) is 23.2 Å². The Morgan fingerprint density at radius 1 is 1.44 bits per heavy atom. The summed E-state index contributed by atoms with van der Waals surface area (Å²) in [5, 5.41) is 8.32. The molecule has 1 heterocycles. The molecular weight excluding hydrogens is 285 g/mol. The number of carbonyl (C=O) groups is 1. The van der Waals surface area contributed by atoms with E-state index in [9.17, 15) is 22.2 Å². The van der Waals surface area contributed by atoms with Gasteiger partial charge < -0.3 is 10.0 Å². The van der Waals surface area contributed by atoms with Crippen molar-refractivity contribution in [1.82, 2.24) is 0 Å². The van der Waals surface area contributed by atoms with Crippen molar-refractivity contribution in [3.63, 3.8) is 0 Å². The average molecular weight is 294 g/mol. The predicted octanol–water partition coefficient (Wildman–Crippen LogP) is 1.45. The van der Waals surface area contributed by atoms with Crippen LogP contribution in [0.15, 0.2) is 18.2 Å². The molecule has 0 bridgehead atoms. The summed E-state index contributed by atoms with van der Waals surface area (Å²) in [7, 11) is -4.79. The second-order valence-electron chi connectivity index (χ2n) is 3.91. The Bertz CT molecular complexity index is 584. The molecule has 0 aromatic heterocycles. The lowest BCUT2D eigenvalue weighted by Crippen LogP contribution is -2.27. The van der Waals surface area contributed by atoms with Crippen LogP contribution in [0.5, 0.6) is 5.75 Å². The summed E-state index contributed by atoms with van der Waals surface area (Å²) < 4.78 is 34.4. The predicted molar refractivity (Wildman–Crippen MR) is 63.9 cm³/mol. The maximum absolute atomic E-state index is 12.9. The highest BCUT2D eigenvalue weighted by atomic mass is 35.5. The van der Waals surface area contributed by atoms with E-state index >= 15 is 0 Å². The van der Waals surface area contributed by atoms with Crippen molar-refractivity contribution in [3.8, 4) is 5.75 Å². The first-order chi connectivity index (χ1) is 8.30. The molecule has 2 rings (SSSR count). The van der Waals surface area contributed by atoms with E-state index in [0.29, 0.717) is 0 Å². The van der Waals surface area contributed by atoms with Crippen LogP contribution >= 0.6 is 11.6 Å². The maximum atomic E-state index is 12.9. The van der Waals surface area contributed by atoms with Crippen LogP contribution in [0, 0.1) is 0 Å². The zero-order valence-corrected chi connectivity index (χ0v) is 10.6. The summed E-state index contributed by atoms with van der Waals surface area (Å²) in [6.45, 7) is -0.352. The molecule has 1 aromatic rings. The highest BCUT2D eigenvalue weighted by molar-refractivity contribution is 7.87. The van der Waals surface area contributed by atoms with Crippen molar-refractivity contribution in [2.75, 3.05) is 11.4 Å². The van der Waals surface area contributed by atoms with E-state index in [1.165, 1.54) is 18.2 Å². The second-order valence-corrected chi connectivity index (χ2v) is 5.94. The van der Waals surface area contributed by atoms with Crippen molar-refractivity contribution < 1.29 is 22.2 Å². The number of rotatable bonds is 2. The van der Waals surface area contributed by atoms with Crippen LogP contribution in [0.4, 0.5) is 9.57 Å². The summed E-state index contributed by atoms with van der Waals surface area (Å²) in [5.41, 5.74) is 0.00955. The summed E-state index contributed by atoms with van der Waals surface area (Å²) in [6.07, 6.45) is -0.455. The van der Waals surface area contributed by atoms with Crippen LogP contribution < -0.4 is 4.90 Å². The van der Waals surface area contributed by atoms with Gasteiger partial charge in [0.25, 0.3) is 0 Å². The molecule has 1 N–H and O–H groups in total. The maximum Gasteiger partial charge on any atom is 0.307 e. The van der Waals surface area contributed by atoms with Gasteiger partial charge in [-0.3, -0.25) is 4.79 Å². The first-order valence-corrected chi connectivity index (χ1v) is 6.84. The first kappa shape index (κ1) is 13.1. The third-order valence-corrected chi connectivity index (χ3v) is 4.14. The third kappa shape index (κ3) is 2.28. The number of phenols is 1. The number of phenolic OH excluding ortho intramolecular Hbond substituents is 1. The van der Waals surface area contributed by atoms with Crippen LogP contribution in [-0.2, 0) is 15.0 Å². The number of carbonyl (C=O) groups excluding carboxylic acids is 1. The van der Waals surface area contributed by atoms with Crippen molar-refractivity contribution >= 4 is 33.4 Å². The van der Waals surface area contributed by atoms with Crippen molar-refractivity contribution in [2.24, 2.45) is 0 Å². The largest absolute Gasteiger partial charge is 0.506 e. The highest BCUT2D eigenvalue weighted by Gasteiger charge is 2.40. The SMILES string of the molecule is O=C1CC(S(=O)(=O)F)CN1c1c(O)cccc1Cl. The van der Waals surface area contributed by atoms with Crippen LogP contribution in [-0.4, -0.2) is 31.2 Å². The fraction of sp³-hybridized carbons (Fsp3) is 0.300. The van der Waals surface area contributed by atoms with Gasteiger partial charge in [-0.05, 0) is 12.1 Å². The topological polar surface area (TPSA) is 74.7 Å². The second kappa shape index (κ2) is 4.40. The molecular formula is C10H9ClFNO4S. The lowest BCUT2D eigenvalue weighted by Gasteiger charge is -2.18. The summed E-state index contributed by atoms with van der Waals surface area (Å²) in [4.78, 5) is 12.6. The smallest absolute Gasteiger partial charge is 0.307 e. The summed E-state index contributed by atoms with van der Waals surface area (Å²) >= 11 is 5.84. The molecule has 1 unspecified atom stereocenters. The molecule has 1 atom stereocenters. The molecule has 1 aromatic carbocycles. The number of halogens is 2. The lowest BCUT2D eigenvalue weighted by molar-refractivity contribution is -0.117. The minimum atomic E-state index is -4.79. The molecule has 0 spiro atoms. The normalized spacial score (nSPS) is 20.4. The highest BCUT2D eigenvalue weighted by Crippen LogP contribution is 2.38. The van der Waals surface area contributed by atoms with Crippen molar-refractivity contribution in [2.45, 2.75) is 11.7 Å². The molecule has 18 heavy (non-hydrogen) atoms. The minimum Gasteiger partial charge on any atom is -0.506 e. The van der Waals surface area contributed by atoms with Gasteiger partial charge in [-0.2, -0.15) is 8.42 Å². The molecule has 1 aliphatic rings. The number of hydrogen-bond donors (Lipinski definition) is 1. The van der Waals surface area contributed by atoms with Crippen LogP contribution in [0.3, 0.4) is 0 Å². The Kier molecular flexibility index (Phi) is 3.20.